The van der Waals surface area contributed by atoms with Crippen LogP contribution in [0.5, 0.6) is 0 Å². The molecule has 9 nitrogen and oxygen atoms in total. The van der Waals surface area contributed by atoms with Crippen LogP contribution >= 0.6 is 0 Å². The Hall–Kier alpha value is -3.05. The van der Waals surface area contributed by atoms with Gasteiger partial charge in [0.05, 0.1) is 6.20 Å². The van der Waals surface area contributed by atoms with E-state index in [1.54, 1.807) is 19.2 Å². The van der Waals surface area contributed by atoms with Crippen molar-refractivity contribution in [2.75, 3.05) is 20.1 Å². The summed E-state index contributed by atoms with van der Waals surface area (Å²) in [6.07, 6.45) is 3.95. The van der Waals surface area contributed by atoms with Crippen molar-refractivity contribution in [1.29, 1.82) is 0 Å². The largest absolute Gasteiger partial charge is 0.354 e. The van der Waals surface area contributed by atoms with Gasteiger partial charge in [-0.15, -0.1) is 0 Å². The van der Waals surface area contributed by atoms with Crippen LogP contribution in [0.2, 0.25) is 0 Å². The van der Waals surface area contributed by atoms with Crippen molar-refractivity contribution in [3.05, 3.63) is 54.0 Å². The second-order valence-corrected chi connectivity index (χ2v) is 9.40. The second-order valence-electron chi connectivity index (χ2n) is 7.46. The van der Waals surface area contributed by atoms with Gasteiger partial charge in [-0.1, -0.05) is 0 Å². The number of aryl methyl sites for hydroxylation is 1. The molecule has 4 rings (SSSR count). The molecule has 2 aromatic heterocycles. The van der Waals surface area contributed by atoms with E-state index in [1.165, 1.54) is 40.6 Å². The molecule has 1 aliphatic rings. The van der Waals surface area contributed by atoms with E-state index in [0.29, 0.717) is 48.7 Å². The van der Waals surface area contributed by atoms with E-state index in [0.717, 1.165) is 0 Å². The summed E-state index contributed by atoms with van der Waals surface area (Å²) in [7, 11) is -0.396. The van der Waals surface area contributed by atoms with E-state index in [9.17, 15) is 17.6 Å². The molecule has 0 saturated carbocycles. The number of nitrogens with zero attached hydrogens (tertiary/aromatic N) is 4. The van der Waals surface area contributed by atoms with Crippen LogP contribution in [-0.2, 0) is 17.1 Å². The van der Waals surface area contributed by atoms with E-state index in [2.05, 4.69) is 20.4 Å². The smallest absolute Gasteiger partial charge is 0.269 e. The number of benzene rings is 1. The predicted molar refractivity (Wildman–Crippen MR) is 111 cm³/mol. The molecule has 11 heteroatoms. The fourth-order valence-corrected chi connectivity index (χ4v) is 5.20. The normalized spacial score (nSPS) is 15.8. The molecule has 1 aliphatic heterocycles. The monoisotopic (exact) mass is 446 g/mol. The first-order valence-corrected chi connectivity index (χ1v) is 11.3. The van der Waals surface area contributed by atoms with Crippen LogP contribution in [0.1, 0.15) is 35.1 Å². The Labute approximate surface area is 179 Å². The van der Waals surface area contributed by atoms with Crippen molar-refractivity contribution in [1.82, 2.24) is 29.4 Å². The van der Waals surface area contributed by atoms with Crippen molar-refractivity contribution in [3.63, 3.8) is 0 Å². The minimum Gasteiger partial charge on any atom is -0.354 e. The van der Waals surface area contributed by atoms with Gasteiger partial charge in [0, 0.05) is 44.9 Å². The summed E-state index contributed by atoms with van der Waals surface area (Å²) in [6, 6.07) is 5.79. The van der Waals surface area contributed by atoms with Crippen LogP contribution in [0.15, 0.2) is 41.6 Å². The van der Waals surface area contributed by atoms with Crippen LogP contribution in [0.25, 0.3) is 11.3 Å². The highest BCUT2D eigenvalue weighted by atomic mass is 32.2. The maximum absolute atomic E-state index is 13.3. The third-order valence-electron chi connectivity index (χ3n) is 5.45. The summed E-state index contributed by atoms with van der Waals surface area (Å²) < 4.78 is 41.8. The minimum atomic E-state index is -3.59. The molecule has 1 saturated heterocycles. The Morgan fingerprint density at radius 2 is 1.90 bits per heavy atom. The number of halogens is 1. The number of aromatic nitrogens is 4. The second kappa shape index (κ2) is 8.23. The number of carbonyl (C=O) groups excluding carboxylic acids is 1. The number of aromatic amines is 1. The third-order valence-corrected chi connectivity index (χ3v) is 7.31. The van der Waals surface area contributed by atoms with E-state index in [-0.39, 0.29) is 22.5 Å². The van der Waals surface area contributed by atoms with Gasteiger partial charge in [-0.3, -0.25) is 9.48 Å². The lowest BCUT2D eigenvalue weighted by Gasteiger charge is -2.29. The van der Waals surface area contributed by atoms with Gasteiger partial charge in [0.15, 0.2) is 0 Å². The van der Waals surface area contributed by atoms with E-state index in [4.69, 9.17) is 0 Å². The van der Waals surface area contributed by atoms with Gasteiger partial charge in [-0.05, 0) is 37.1 Å². The summed E-state index contributed by atoms with van der Waals surface area (Å²) in [4.78, 5) is 20.3. The number of piperidine rings is 1. The lowest BCUT2D eigenvalue weighted by Crippen LogP contribution is -2.38. The third kappa shape index (κ3) is 4.10. The van der Waals surface area contributed by atoms with Crippen molar-refractivity contribution >= 4 is 15.9 Å². The van der Waals surface area contributed by atoms with Gasteiger partial charge in [0.1, 0.15) is 27.9 Å². The molecule has 1 amide bonds. The van der Waals surface area contributed by atoms with Crippen LogP contribution in [0.3, 0.4) is 0 Å². The fourth-order valence-electron chi connectivity index (χ4n) is 3.74. The van der Waals surface area contributed by atoms with E-state index < -0.39 is 10.0 Å². The van der Waals surface area contributed by atoms with Gasteiger partial charge < -0.3 is 10.3 Å². The van der Waals surface area contributed by atoms with Gasteiger partial charge in [-0.25, -0.2) is 17.8 Å². The van der Waals surface area contributed by atoms with Crippen LogP contribution in [0.4, 0.5) is 4.39 Å². The molecule has 1 aromatic carbocycles. The first kappa shape index (κ1) is 21.2. The zero-order valence-corrected chi connectivity index (χ0v) is 18.0. The van der Waals surface area contributed by atoms with Crippen molar-refractivity contribution < 1.29 is 17.6 Å². The van der Waals surface area contributed by atoms with Gasteiger partial charge in [-0.2, -0.15) is 9.40 Å². The van der Waals surface area contributed by atoms with Gasteiger partial charge >= 0.3 is 0 Å². The zero-order chi connectivity index (χ0) is 22.2. The highest BCUT2D eigenvalue weighted by Crippen LogP contribution is 2.32. The number of sulfonamides is 1. The molecule has 2 N–H and O–H groups in total. The number of rotatable bonds is 5. The number of H-pyrrole nitrogens is 1. The molecule has 164 valence electrons. The van der Waals surface area contributed by atoms with E-state index >= 15 is 0 Å². The molecule has 0 bridgehead atoms. The number of hydrogen-bond donors (Lipinski definition) is 2. The number of amides is 1. The molecule has 0 spiro atoms. The average Bonchev–Trinajstić information content (AvgIpc) is 3.41. The molecule has 0 unspecified atom stereocenters. The highest BCUT2D eigenvalue weighted by molar-refractivity contribution is 7.89. The summed E-state index contributed by atoms with van der Waals surface area (Å²) in [5, 5.41) is 6.53. The summed E-state index contributed by atoms with van der Waals surface area (Å²) >= 11 is 0. The maximum Gasteiger partial charge on any atom is 0.269 e. The SMILES string of the molecule is CNC(=O)c1[nH]c(C2CCN(S(=O)(=O)c3cnn(C)c3)CC2)nc1-c1ccc(F)cc1. The summed E-state index contributed by atoms with van der Waals surface area (Å²) in [5.41, 5.74) is 1.37. The minimum absolute atomic E-state index is 0.0297. The van der Waals surface area contributed by atoms with Crippen molar-refractivity contribution in [3.8, 4) is 11.3 Å². The summed E-state index contributed by atoms with van der Waals surface area (Å²) in [6.45, 7) is 0.674. The Kier molecular flexibility index (Phi) is 5.63. The first-order chi connectivity index (χ1) is 14.8. The molecule has 0 radical (unpaired) electrons. The topological polar surface area (TPSA) is 113 Å². The van der Waals surface area contributed by atoms with Crippen LogP contribution in [-0.4, -0.2) is 58.5 Å². The average molecular weight is 447 g/mol. The molecule has 1 fully saturated rings. The van der Waals surface area contributed by atoms with Crippen LogP contribution in [0, 0.1) is 5.82 Å². The van der Waals surface area contributed by atoms with Gasteiger partial charge in [0.2, 0.25) is 10.0 Å². The quantitative estimate of drug-likeness (QED) is 0.621. The molecule has 3 heterocycles. The fraction of sp³-hybridized carbons (Fsp3) is 0.350. The summed E-state index contributed by atoms with van der Waals surface area (Å²) in [5.74, 6) is -0.104. The van der Waals surface area contributed by atoms with Crippen molar-refractivity contribution in [2.24, 2.45) is 7.05 Å². The number of nitrogens with one attached hydrogen (secondary N) is 2. The lowest BCUT2D eigenvalue weighted by molar-refractivity contribution is 0.0959. The van der Waals surface area contributed by atoms with Crippen molar-refractivity contribution in [2.45, 2.75) is 23.7 Å². The molecule has 0 atom stereocenters. The Morgan fingerprint density at radius 3 is 2.48 bits per heavy atom. The number of imidazole rings is 1. The number of hydrogen-bond acceptors (Lipinski definition) is 5. The molecule has 31 heavy (non-hydrogen) atoms. The maximum atomic E-state index is 13.3. The predicted octanol–water partition coefficient (Wildman–Crippen LogP) is 1.88. The van der Waals surface area contributed by atoms with E-state index in [1.807, 2.05) is 0 Å². The lowest BCUT2D eigenvalue weighted by atomic mass is 9.97. The Bertz CT molecular complexity index is 1190. The highest BCUT2D eigenvalue weighted by Gasteiger charge is 2.32. The number of carbonyl (C=O) groups is 1. The van der Waals surface area contributed by atoms with Crippen LogP contribution < -0.4 is 5.32 Å². The standard InChI is InChI=1S/C20H23FN6O3S/c1-22-20(28)18-17(13-3-5-15(21)6-4-13)24-19(25-18)14-7-9-27(10-8-14)31(29,30)16-11-23-26(2)12-16/h3-6,11-12,14H,7-10H2,1-2H3,(H,22,28)(H,24,25). The first-order valence-electron chi connectivity index (χ1n) is 9.86. The zero-order valence-electron chi connectivity index (χ0n) is 17.2. The molecule has 3 aromatic rings. The molecular formula is C20H23FN6O3S. The molecular weight excluding hydrogens is 423 g/mol. The van der Waals surface area contributed by atoms with Gasteiger partial charge in [0.25, 0.3) is 5.91 Å². The Morgan fingerprint density at radius 1 is 1.23 bits per heavy atom. The molecule has 0 aliphatic carbocycles. The Balaban J connectivity index is 1.56.